The second kappa shape index (κ2) is 6.14. The zero-order valence-electron chi connectivity index (χ0n) is 12.8. The highest BCUT2D eigenvalue weighted by Crippen LogP contribution is 2.27. The van der Waals surface area contributed by atoms with Crippen LogP contribution < -0.4 is 4.72 Å². The average molecular weight is 344 g/mol. The van der Waals surface area contributed by atoms with Crippen LogP contribution in [-0.2, 0) is 10.0 Å². The maximum absolute atomic E-state index is 12.5. The zero-order chi connectivity index (χ0) is 16.4. The fourth-order valence-corrected chi connectivity index (χ4v) is 4.38. The molecular weight excluding hydrogens is 328 g/mol. The Bertz CT molecular complexity index is 932. The minimum atomic E-state index is -3.64. The van der Waals surface area contributed by atoms with Crippen molar-refractivity contribution in [2.75, 3.05) is 4.72 Å². The van der Waals surface area contributed by atoms with Crippen LogP contribution in [0.25, 0.3) is 10.6 Å². The maximum Gasteiger partial charge on any atom is 0.263 e. The van der Waals surface area contributed by atoms with Gasteiger partial charge in [0.1, 0.15) is 5.01 Å². The summed E-state index contributed by atoms with van der Waals surface area (Å²) in [5, 5.41) is 2.49. The molecule has 0 unspecified atom stereocenters. The Morgan fingerprint density at radius 1 is 1.04 bits per heavy atom. The minimum Gasteiger partial charge on any atom is -0.263 e. The van der Waals surface area contributed by atoms with E-state index >= 15 is 0 Å². The first-order chi connectivity index (χ1) is 11.0. The fraction of sp³-hybridized carbons (Fsp3) is 0.118. The van der Waals surface area contributed by atoms with Crippen LogP contribution in [0.1, 0.15) is 11.1 Å². The molecule has 0 atom stereocenters. The summed E-state index contributed by atoms with van der Waals surface area (Å²) in [6.07, 6.45) is 0. The molecule has 3 rings (SSSR count). The lowest BCUT2D eigenvalue weighted by Gasteiger charge is -2.09. The molecule has 0 radical (unpaired) electrons. The van der Waals surface area contributed by atoms with Gasteiger partial charge in [-0.3, -0.25) is 4.72 Å². The van der Waals surface area contributed by atoms with Crippen molar-refractivity contribution in [1.29, 1.82) is 0 Å². The molecule has 6 heteroatoms. The molecule has 3 aromatic rings. The van der Waals surface area contributed by atoms with Gasteiger partial charge < -0.3 is 0 Å². The smallest absolute Gasteiger partial charge is 0.263 e. The number of rotatable bonds is 4. The Hall–Kier alpha value is -2.18. The molecule has 0 aliphatic rings. The van der Waals surface area contributed by atoms with Crippen molar-refractivity contribution in [2.45, 2.75) is 18.7 Å². The van der Waals surface area contributed by atoms with Crippen LogP contribution in [-0.4, -0.2) is 13.4 Å². The van der Waals surface area contributed by atoms with Gasteiger partial charge in [0.25, 0.3) is 10.0 Å². The molecule has 0 spiro atoms. The summed E-state index contributed by atoms with van der Waals surface area (Å²) in [5.41, 5.74) is 2.71. The summed E-state index contributed by atoms with van der Waals surface area (Å²) < 4.78 is 27.6. The molecule has 1 aromatic heterocycles. The van der Waals surface area contributed by atoms with E-state index in [1.165, 1.54) is 11.3 Å². The van der Waals surface area contributed by atoms with E-state index in [9.17, 15) is 8.42 Å². The van der Waals surface area contributed by atoms with Crippen LogP contribution in [0.4, 0.5) is 5.82 Å². The molecular formula is C17H16N2O2S2. The Balaban J connectivity index is 1.88. The van der Waals surface area contributed by atoms with Crippen LogP contribution in [0.5, 0.6) is 0 Å². The van der Waals surface area contributed by atoms with Crippen molar-refractivity contribution in [1.82, 2.24) is 4.98 Å². The summed E-state index contributed by atoms with van der Waals surface area (Å²) >= 11 is 1.41. The summed E-state index contributed by atoms with van der Waals surface area (Å²) in [6.45, 7) is 3.72. The van der Waals surface area contributed by atoms with E-state index < -0.39 is 10.0 Å². The number of nitrogens with zero attached hydrogens (tertiary/aromatic N) is 1. The number of anilines is 1. The number of hydrogen-bond donors (Lipinski definition) is 1. The molecule has 0 fully saturated rings. The molecule has 0 saturated heterocycles. The van der Waals surface area contributed by atoms with E-state index in [-0.39, 0.29) is 4.90 Å². The van der Waals surface area contributed by atoms with Gasteiger partial charge in [-0.05, 0) is 25.5 Å². The molecule has 2 aromatic carbocycles. The van der Waals surface area contributed by atoms with E-state index in [0.717, 1.165) is 21.7 Å². The number of nitrogens with one attached hydrogen (secondary N) is 1. The van der Waals surface area contributed by atoms with Crippen molar-refractivity contribution in [3.63, 3.8) is 0 Å². The van der Waals surface area contributed by atoms with Crippen molar-refractivity contribution in [3.05, 3.63) is 65.0 Å². The van der Waals surface area contributed by atoms with Gasteiger partial charge in [-0.25, -0.2) is 13.4 Å². The standard InChI is InChI=1S/C17H16N2O2S2/c1-12-8-9-15(13(2)10-12)23(20,21)19-16-11-22-17(18-16)14-6-4-3-5-7-14/h3-11,19H,1-2H3. The highest BCUT2D eigenvalue weighted by Gasteiger charge is 2.18. The largest absolute Gasteiger partial charge is 0.263 e. The van der Waals surface area contributed by atoms with E-state index in [4.69, 9.17) is 0 Å². The normalized spacial score (nSPS) is 11.4. The van der Waals surface area contributed by atoms with Crippen LogP contribution in [0.3, 0.4) is 0 Å². The second-order valence-electron chi connectivity index (χ2n) is 5.28. The van der Waals surface area contributed by atoms with E-state index in [1.807, 2.05) is 43.3 Å². The summed E-state index contributed by atoms with van der Waals surface area (Å²) in [7, 11) is -3.64. The van der Waals surface area contributed by atoms with Gasteiger partial charge in [0.2, 0.25) is 0 Å². The first-order valence-electron chi connectivity index (χ1n) is 7.07. The maximum atomic E-state index is 12.5. The van der Waals surface area contributed by atoms with Crippen molar-refractivity contribution >= 4 is 27.2 Å². The van der Waals surface area contributed by atoms with Crippen LogP contribution in [0.15, 0.2) is 58.8 Å². The number of thiazole rings is 1. The Labute approximate surface area is 139 Å². The molecule has 118 valence electrons. The Morgan fingerprint density at radius 2 is 1.78 bits per heavy atom. The van der Waals surface area contributed by atoms with Gasteiger partial charge >= 0.3 is 0 Å². The highest BCUT2D eigenvalue weighted by molar-refractivity contribution is 7.92. The lowest BCUT2D eigenvalue weighted by molar-refractivity contribution is 0.600. The van der Waals surface area contributed by atoms with E-state index in [2.05, 4.69) is 9.71 Å². The van der Waals surface area contributed by atoms with Gasteiger partial charge in [-0.2, -0.15) is 0 Å². The summed E-state index contributed by atoms with van der Waals surface area (Å²) in [4.78, 5) is 4.64. The highest BCUT2D eigenvalue weighted by atomic mass is 32.2. The van der Waals surface area contributed by atoms with E-state index in [0.29, 0.717) is 5.82 Å². The van der Waals surface area contributed by atoms with Gasteiger partial charge in [0, 0.05) is 10.9 Å². The first-order valence-corrected chi connectivity index (χ1v) is 9.43. The molecule has 0 amide bonds. The minimum absolute atomic E-state index is 0.275. The number of aryl methyl sites for hydroxylation is 2. The van der Waals surface area contributed by atoms with E-state index in [1.54, 1.807) is 24.4 Å². The predicted molar refractivity (Wildman–Crippen MR) is 94.3 cm³/mol. The van der Waals surface area contributed by atoms with Crippen molar-refractivity contribution in [2.24, 2.45) is 0 Å². The molecule has 4 nitrogen and oxygen atoms in total. The first kappa shape index (κ1) is 15.7. The molecule has 0 saturated carbocycles. The predicted octanol–water partition coefficient (Wildman–Crippen LogP) is 4.23. The number of hydrogen-bond acceptors (Lipinski definition) is 4. The molecule has 0 aliphatic heterocycles. The molecule has 1 heterocycles. The van der Waals surface area contributed by atoms with Crippen molar-refractivity contribution < 1.29 is 8.42 Å². The Kier molecular flexibility index (Phi) is 4.19. The van der Waals surface area contributed by atoms with Crippen LogP contribution in [0.2, 0.25) is 0 Å². The SMILES string of the molecule is Cc1ccc(S(=O)(=O)Nc2csc(-c3ccccc3)n2)c(C)c1. The quantitative estimate of drug-likeness (QED) is 0.770. The molecule has 0 bridgehead atoms. The van der Waals surface area contributed by atoms with Crippen LogP contribution >= 0.6 is 11.3 Å². The third-order valence-corrected chi connectivity index (χ3v) is 5.79. The van der Waals surface area contributed by atoms with Gasteiger partial charge in [-0.15, -0.1) is 11.3 Å². The van der Waals surface area contributed by atoms with Gasteiger partial charge in [-0.1, -0.05) is 48.0 Å². The van der Waals surface area contributed by atoms with Crippen molar-refractivity contribution in [3.8, 4) is 10.6 Å². The summed E-state index contributed by atoms with van der Waals surface area (Å²) in [5.74, 6) is 0.342. The molecule has 1 N–H and O–H groups in total. The Morgan fingerprint density at radius 3 is 2.48 bits per heavy atom. The number of sulfonamides is 1. The average Bonchev–Trinajstić information content (AvgIpc) is 2.95. The lowest BCUT2D eigenvalue weighted by Crippen LogP contribution is -2.14. The number of benzene rings is 2. The zero-order valence-corrected chi connectivity index (χ0v) is 14.4. The molecule has 0 aliphatic carbocycles. The van der Waals surface area contributed by atoms with Crippen LogP contribution in [0, 0.1) is 13.8 Å². The molecule has 23 heavy (non-hydrogen) atoms. The fourth-order valence-electron chi connectivity index (χ4n) is 2.33. The summed E-state index contributed by atoms with van der Waals surface area (Å²) in [6, 6.07) is 14.9. The number of aromatic nitrogens is 1. The third-order valence-electron chi connectivity index (χ3n) is 3.38. The lowest BCUT2D eigenvalue weighted by atomic mass is 10.2. The third kappa shape index (κ3) is 3.43. The topological polar surface area (TPSA) is 59.1 Å². The van der Waals surface area contributed by atoms with Gasteiger partial charge in [0.05, 0.1) is 4.90 Å². The second-order valence-corrected chi connectivity index (χ2v) is 7.79. The van der Waals surface area contributed by atoms with Gasteiger partial charge in [0.15, 0.2) is 5.82 Å². The monoisotopic (exact) mass is 344 g/mol.